The Balaban J connectivity index is 1.39. The van der Waals surface area contributed by atoms with E-state index in [0.717, 1.165) is 61.5 Å². The first-order valence-electron chi connectivity index (χ1n) is 12.2. The minimum Gasteiger partial charge on any atom is -0.496 e. The van der Waals surface area contributed by atoms with Gasteiger partial charge in [0, 0.05) is 63.0 Å². The Kier molecular flexibility index (Phi) is 6.82. The second kappa shape index (κ2) is 10.3. The van der Waals surface area contributed by atoms with Crippen LogP contribution in [0, 0.1) is 5.92 Å². The first-order chi connectivity index (χ1) is 17.1. The van der Waals surface area contributed by atoms with Crippen LogP contribution in [0.5, 0.6) is 5.75 Å². The number of hydrogen-bond acceptors (Lipinski definition) is 4. The minimum absolute atomic E-state index is 0.144. The predicted octanol–water partition coefficient (Wildman–Crippen LogP) is 4.76. The first kappa shape index (κ1) is 23.1. The van der Waals surface area contributed by atoms with E-state index in [1.54, 1.807) is 14.0 Å². The van der Waals surface area contributed by atoms with Crippen molar-refractivity contribution in [3.05, 3.63) is 84.2 Å². The maximum absolute atomic E-state index is 12.3. The van der Waals surface area contributed by atoms with Gasteiger partial charge in [-0.25, -0.2) is 4.98 Å². The summed E-state index contributed by atoms with van der Waals surface area (Å²) >= 11 is 0. The van der Waals surface area contributed by atoms with Crippen LogP contribution in [0.15, 0.2) is 73.1 Å². The molecule has 4 aromatic rings. The number of ether oxygens (including phenoxy) is 1. The van der Waals surface area contributed by atoms with Gasteiger partial charge in [-0.2, -0.15) is 0 Å². The number of methoxy groups -OCH3 is 1. The van der Waals surface area contributed by atoms with Crippen LogP contribution in [-0.4, -0.2) is 59.0 Å². The number of carbonyl (C=O) groups is 1. The largest absolute Gasteiger partial charge is 0.496 e. The van der Waals surface area contributed by atoms with Gasteiger partial charge in [0.1, 0.15) is 11.4 Å². The van der Waals surface area contributed by atoms with Gasteiger partial charge >= 0.3 is 0 Å². The summed E-state index contributed by atoms with van der Waals surface area (Å²) in [5.41, 5.74) is 5.68. The van der Waals surface area contributed by atoms with Gasteiger partial charge in [-0.3, -0.25) is 9.69 Å². The van der Waals surface area contributed by atoms with E-state index in [2.05, 4.69) is 63.4 Å². The van der Waals surface area contributed by atoms with E-state index in [4.69, 9.17) is 4.74 Å². The topological polar surface area (TPSA) is 61.5 Å². The summed E-state index contributed by atoms with van der Waals surface area (Å²) in [4.78, 5) is 24.6. The lowest BCUT2D eigenvalue weighted by Gasteiger charge is -2.25. The highest BCUT2D eigenvalue weighted by molar-refractivity contribution is 5.76. The molecule has 6 heteroatoms. The monoisotopic (exact) mass is 468 g/mol. The van der Waals surface area contributed by atoms with Crippen molar-refractivity contribution >= 4 is 16.9 Å². The van der Waals surface area contributed by atoms with E-state index in [0.29, 0.717) is 5.92 Å². The normalized spacial score (nSPS) is 16.9. The number of nitrogens with one attached hydrogen (secondary N) is 1. The highest BCUT2D eigenvalue weighted by Gasteiger charge is 2.25. The molecule has 5 rings (SSSR count). The van der Waals surface area contributed by atoms with Crippen LogP contribution < -0.4 is 4.74 Å². The van der Waals surface area contributed by atoms with Crippen LogP contribution >= 0.6 is 0 Å². The first-order valence-corrected chi connectivity index (χ1v) is 12.2. The average Bonchev–Trinajstić information content (AvgIpc) is 3.25. The second-order valence-electron chi connectivity index (χ2n) is 9.39. The van der Waals surface area contributed by atoms with Crippen LogP contribution in [0.2, 0.25) is 0 Å². The number of aromatic nitrogens is 2. The van der Waals surface area contributed by atoms with Gasteiger partial charge in [0.2, 0.25) is 5.91 Å². The molecule has 1 N–H and O–H groups in total. The third-order valence-corrected chi connectivity index (χ3v) is 6.92. The molecule has 1 amide bonds. The minimum atomic E-state index is 0.144. The number of para-hydroxylation sites is 1. The molecule has 1 aliphatic heterocycles. The molecule has 1 saturated heterocycles. The summed E-state index contributed by atoms with van der Waals surface area (Å²) in [6, 6.07) is 21.0. The number of hydrogen-bond donors (Lipinski definition) is 1. The van der Waals surface area contributed by atoms with E-state index in [1.807, 2.05) is 29.4 Å². The van der Waals surface area contributed by atoms with Crippen molar-refractivity contribution in [2.45, 2.75) is 19.9 Å². The van der Waals surface area contributed by atoms with Crippen molar-refractivity contribution in [1.29, 1.82) is 0 Å². The second-order valence-corrected chi connectivity index (χ2v) is 9.39. The highest BCUT2D eigenvalue weighted by atomic mass is 16.5. The smallest absolute Gasteiger partial charge is 0.219 e. The summed E-state index contributed by atoms with van der Waals surface area (Å²) in [7, 11) is 1.72. The molecule has 3 heterocycles. The van der Waals surface area contributed by atoms with Crippen LogP contribution in [0.1, 0.15) is 18.1 Å². The van der Waals surface area contributed by atoms with Crippen molar-refractivity contribution in [1.82, 2.24) is 19.8 Å². The number of nitrogens with zero attached hydrogens (tertiary/aromatic N) is 3. The Morgan fingerprint density at radius 1 is 1.06 bits per heavy atom. The summed E-state index contributed by atoms with van der Waals surface area (Å²) in [6.07, 6.45) is 4.77. The van der Waals surface area contributed by atoms with E-state index in [-0.39, 0.29) is 5.91 Å². The van der Waals surface area contributed by atoms with Gasteiger partial charge in [-0.05, 0) is 47.2 Å². The molecule has 0 aliphatic carbocycles. The lowest BCUT2D eigenvalue weighted by Crippen LogP contribution is -2.34. The van der Waals surface area contributed by atoms with E-state index >= 15 is 0 Å². The molecule has 0 bridgehead atoms. The van der Waals surface area contributed by atoms with Gasteiger partial charge in [-0.15, -0.1) is 0 Å². The van der Waals surface area contributed by atoms with Gasteiger partial charge in [0.15, 0.2) is 0 Å². The number of amides is 1. The fourth-order valence-electron chi connectivity index (χ4n) is 5.20. The van der Waals surface area contributed by atoms with E-state index < -0.39 is 0 Å². The number of fused-ring (bicyclic) bond motifs is 1. The fourth-order valence-corrected chi connectivity index (χ4v) is 5.20. The zero-order valence-electron chi connectivity index (χ0n) is 20.4. The predicted molar refractivity (Wildman–Crippen MR) is 139 cm³/mol. The van der Waals surface area contributed by atoms with Crippen LogP contribution in [0.25, 0.3) is 22.2 Å². The van der Waals surface area contributed by atoms with Crippen molar-refractivity contribution < 1.29 is 9.53 Å². The molecule has 0 spiro atoms. The third-order valence-electron chi connectivity index (χ3n) is 6.92. The average molecular weight is 469 g/mol. The van der Waals surface area contributed by atoms with Crippen LogP contribution in [0.3, 0.4) is 0 Å². The fraction of sp³-hybridized carbons (Fsp3) is 0.310. The van der Waals surface area contributed by atoms with Crippen molar-refractivity contribution in [2.24, 2.45) is 5.92 Å². The molecule has 1 unspecified atom stereocenters. The lowest BCUT2D eigenvalue weighted by molar-refractivity contribution is -0.129. The SMILES string of the molecule is COc1ccccc1-c1ccccc1CN1CCN(C(C)=O)CC(Cc2cnc3[nH]ccc3c2)C1. The quantitative estimate of drug-likeness (QED) is 0.443. The molecule has 1 fully saturated rings. The van der Waals surface area contributed by atoms with Crippen LogP contribution in [-0.2, 0) is 17.8 Å². The molecule has 1 aliphatic rings. The molecule has 1 atom stereocenters. The number of benzene rings is 2. The molecule has 35 heavy (non-hydrogen) atoms. The Morgan fingerprint density at radius 3 is 2.69 bits per heavy atom. The molecular weight excluding hydrogens is 436 g/mol. The van der Waals surface area contributed by atoms with Crippen LogP contribution in [0.4, 0.5) is 0 Å². The summed E-state index contributed by atoms with van der Waals surface area (Å²) in [5, 5.41) is 1.13. The van der Waals surface area contributed by atoms with Crippen molar-refractivity contribution in [2.75, 3.05) is 33.3 Å². The Hall–Kier alpha value is -3.64. The van der Waals surface area contributed by atoms with Gasteiger partial charge in [0.05, 0.1) is 7.11 Å². The molecule has 2 aromatic heterocycles. The summed E-state index contributed by atoms with van der Waals surface area (Å²) in [6.45, 7) is 5.80. The number of carbonyl (C=O) groups excluding carboxylic acids is 1. The Labute approximate surface area is 206 Å². The van der Waals surface area contributed by atoms with Gasteiger partial charge in [-0.1, -0.05) is 42.5 Å². The van der Waals surface area contributed by atoms with Crippen molar-refractivity contribution in [3.63, 3.8) is 0 Å². The number of aromatic amines is 1. The standard InChI is InChI=1S/C29H32N4O2/c1-21(34)33-14-13-32(18-23(19-33)15-22-16-24-11-12-30-29(24)31-17-22)20-25-7-3-4-8-26(25)27-9-5-6-10-28(27)35-2/h3-12,16-17,23H,13-15,18-20H2,1-2H3,(H,30,31). The summed E-state index contributed by atoms with van der Waals surface area (Å²) in [5.74, 6) is 1.35. The number of pyridine rings is 1. The molecule has 6 nitrogen and oxygen atoms in total. The Morgan fingerprint density at radius 2 is 1.86 bits per heavy atom. The van der Waals surface area contributed by atoms with Gasteiger partial charge < -0.3 is 14.6 Å². The molecule has 180 valence electrons. The molecule has 2 aromatic carbocycles. The molecule has 0 radical (unpaired) electrons. The zero-order chi connectivity index (χ0) is 24.2. The van der Waals surface area contributed by atoms with Crippen molar-refractivity contribution in [3.8, 4) is 16.9 Å². The van der Waals surface area contributed by atoms with Gasteiger partial charge in [0.25, 0.3) is 0 Å². The number of rotatable bonds is 6. The Bertz CT molecular complexity index is 1310. The van der Waals surface area contributed by atoms with E-state index in [9.17, 15) is 4.79 Å². The molecule has 0 saturated carbocycles. The zero-order valence-corrected chi connectivity index (χ0v) is 20.4. The highest BCUT2D eigenvalue weighted by Crippen LogP contribution is 2.33. The molecular formula is C29H32N4O2. The third kappa shape index (κ3) is 5.23. The lowest BCUT2D eigenvalue weighted by atomic mass is 9.97. The van der Waals surface area contributed by atoms with E-state index in [1.165, 1.54) is 16.7 Å². The maximum Gasteiger partial charge on any atom is 0.219 e. The maximum atomic E-state index is 12.3. The summed E-state index contributed by atoms with van der Waals surface area (Å²) < 4.78 is 5.65. The number of H-pyrrole nitrogens is 1.